The second kappa shape index (κ2) is 7.85. The fraction of sp³-hybridized carbons (Fsp3) is 0.524. The lowest BCUT2D eigenvalue weighted by Crippen LogP contribution is -2.49. The minimum absolute atomic E-state index is 0.135. The lowest BCUT2D eigenvalue weighted by molar-refractivity contribution is -0.135. The Morgan fingerprint density at radius 2 is 1.76 bits per heavy atom. The fourth-order valence-electron chi connectivity index (χ4n) is 4.43. The summed E-state index contributed by atoms with van der Waals surface area (Å²) < 4.78 is 0. The molecule has 8 heteroatoms. The van der Waals surface area contributed by atoms with E-state index in [0.29, 0.717) is 25.8 Å². The van der Waals surface area contributed by atoms with Crippen molar-refractivity contribution < 1.29 is 19.2 Å². The molecular weight excluding hydrogens is 372 g/mol. The maximum atomic E-state index is 12.7. The molecule has 5 amide bonds. The van der Waals surface area contributed by atoms with E-state index in [1.165, 1.54) is 0 Å². The van der Waals surface area contributed by atoms with Crippen molar-refractivity contribution in [2.45, 2.75) is 57.0 Å². The van der Waals surface area contributed by atoms with Crippen molar-refractivity contribution >= 4 is 29.4 Å². The molecule has 0 atom stereocenters. The standard InChI is InChI=1S/C21H26N4O4/c26-17(14-25-19(28)21(23-20(25)29)10-2-1-3-11-21)22-13-15-6-8-16(9-7-15)24-12-4-5-18(24)27/h6-9H,1-5,10-14H2,(H,22,26)(H,23,29). The summed E-state index contributed by atoms with van der Waals surface area (Å²) in [6.07, 6.45) is 5.62. The number of carbonyl (C=O) groups is 4. The van der Waals surface area contributed by atoms with Gasteiger partial charge in [-0.25, -0.2) is 4.79 Å². The Hall–Kier alpha value is -2.90. The monoisotopic (exact) mass is 398 g/mol. The molecule has 8 nitrogen and oxygen atoms in total. The lowest BCUT2D eigenvalue weighted by Gasteiger charge is -2.30. The van der Waals surface area contributed by atoms with Gasteiger partial charge in [-0.1, -0.05) is 31.4 Å². The van der Waals surface area contributed by atoms with E-state index in [-0.39, 0.29) is 24.3 Å². The second-order valence-electron chi connectivity index (χ2n) is 8.06. The Morgan fingerprint density at radius 3 is 2.41 bits per heavy atom. The first kappa shape index (κ1) is 19.4. The van der Waals surface area contributed by atoms with Gasteiger partial charge in [0, 0.05) is 25.2 Å². The van der Waals surface area contributed by atoms with E-state index in [0.717, 1.165) is 48.4 Å². The van der Waals surface area contributed by atoms with Gasteiger partial charge in [-0.2, -0.15) is 0 Å². The minimum atomic E-state index is -0.807. The van der Waals surface area contributed by atoms with E-state index in [9.17, 15) is 19.2 Å². The SMILES string of the molecule is O=C(CN1C(=O)NC2(CCCCC2)C1=O)NCc1ccc(N2CCCC2=O)cc1. The predicted octanol–water partition coefficient (Wildman–Crippen LogP) is 1.68. The van der Waals surface area contributed by atoms with Crippen LogP contribution in [-0.2, 0) is 20.9 Å². The summed E-state index contributed by atoms with van der Waals surface area (Å²) in [6.45, 7) is 0.761. The number of anilines is 1. The highest BCUT2D eigenvalue weighted by molar-refractivity contribution is 6.09. The van der Waals surface area contributed by atoms with Crippen LogP contribution in [0.15, 0.2) is 24.3 Å². The Labute approximate surface area is 169 Å². The molecule has 0 unspecified atom stereocenters. The first-order valence-electron chi connectivity index (χ1n) is 10.3. The fourth-order valence-corrected chi connectivity index (χ4v) is 4.43. The van der Waals surface area contributed by atoms with Crippen molar-refractivity contribution in [2.24, 2.45) is 0 Å². The first-order chi connectivity index (χ1) is 14.0. The van der Waals surface area contributed by atoms with Crippen LogP contribution in [-0.4, -0.2) is 47.3 Å². The summed E-state index contributed by atoms with van der Waals surface area (Å²) >= 11 is 0. The molecule has 1 aromatic rings. The number of hydrogen-bond acceptors (Lipinski definition) is 4. The molecule has 154 valence electrons. The van der Waals surface area contributed by atoms with Crippen molar-refractivity contribution in [3.63, 3.8) is 0 Å². The van der Waals surface area contributed by atoms with Crippen LogP contribution in [0.4, 0.5) is 10.5 Å². The molecule has 1 saturated carbocycles. The summed E-state index contributed by atoms with van der Waals surface area (Å²) in [5.74, 6) is -0.521. The zero-order chi connectivity index (χ0) is 20.4. The summed E-state index contributed by atoms with van der Waals surface area (Å²) in [6, 6.07) is 6.99. The van der Waals surface area contributed by atoms with Crippen molar-refractivity contribution in [1.82, 2.24) is 15.5 Å². The highest BCUT2D eigenvalue weighted by Crippen LogP contribution is 2.33. The molecule has 1 spiro atoms. The molecule has 4 rings (SSSR count). The Balaban J connectivity index is 1.30. The van der Waals surface area contributed by atoms with Crippen molar-refractivity contribution in [2.75, 3.05) is 18.0 Å². The molecule has 0 bridgehead atoms. The summed E-state index contributed by atoms with van der Waals surface area (Å²) in [7, 11) is 0. The van der Waals surface area contributed by atoms with Gasteiger partial charge in [0.25, 0.3) is 5.91 Å². The van der Waals surface area contributed by atoms with Gasteiger partial charge in [-0.15, -0.1) is 0 Å². The highest BCUT2D eigenvalue weighted by Gasteiger charge is 2.51. The topological polar surface area (TPSA) is 98.8 Å². The quantitative estimate of drug-likeness (QED) is 0.738. The van der Waals surface area contributed by atoms with E-state index in [4.69, 9.17) is 0 Å². The maximum absolute atomic E-state index is 12.7. The number of rotatable bonds is 5. The molecule has 2 heterocycles. The molecule has 2 saturated heterocycles. The molecule has 1 aliphatic carbocycles. The third kappa shape index (κ3) is 3.83. The average Bonchev–Trinajstić information content (AvgIpc) is 3.24. The molecule has 3 aliphatic rings. The minimum Gasteiger partial charge on any atom is -0.350 e. The van der Waals surface area contributed by atoms with Crippen LogP contribution in [0.5, 0.6) is 0 Å². The average molecular weight is 398 g/mol. The number of nitrogens with one attached hydrogen (secondary N) is 2. The van der Waals surface area contributed by atoms with Crippen LogP contribution in [0.2, 0.25) is 0 Å². The molecule has 1 aromatic carbocycles. The van der Waals surface area contributed by atoms with Crippen LogP contribution < -0.4 is 15.5 Å². The number of amides is 5. The predicted molar refractivity (Wildman–Crippen MR) is 106 cm³/mol. The number of nitrogens with zero attached hydrogens (tertiary/aromatic N) is 2. The summed E-state index contributed by atoms with van der Waals surface area (Å²) in [4.78, 5) is 51.9. The van der Waals surface area contributed by atoms with Gasteiger partial charge >= 0.3 is 6.03 Å². The number of urea groups is 1. The zero-order valence-corrected chi connectivity index (χ0v) is 16.4. The van der Waals surface area contributed by atoms with Gasteiger partial charge in [0.2, 0.25) is 11.8 Å². The number of imide groups is 1. The van der Waals surface area contributed by atoms with Crippen LogP contribution in [0, 0.1) is 0 Å². The van der Waals surface area contributed by atoms with E-state index >= 15 is 0 Å². The lowest BCUT2D eigenvalue weighted by atomic mass is 9.82. The molecule has 0 radical (unpaired) electrons. The van der Waals surface area contributed by atoms with E-state index in [1.54, 1.807) is 4.90 Å². The first-order valence-corrected chi connectivity index (χ1v) is 10.3. The summed E-state index contributed by atoms with van der Waals surface area (Å²) in [5.41, 5.74) is 0.938. The Kier molecular flexibility index (Phi) is 5.25. The van der Waals surface area contributed by atoms with Gasteiger partial charge < -0.3 is 15.5 Å². The van der Waals surface area contributed by atoms with Crippen molar-refractivity contribution in [3.05, 3.63) is 29.8 Å². The molecule has 2 aliphatic heterocycles. The van der Waals surface area contributed by atoms with Gasteiger partial charge in [-0.3, -0.25) is 19.3 Å². The largest absolute Gasteiger partial charge is 0.350 e. The van der Waals surface area contributed by atoms with Gasteiger partial charge in [-0.05, 0) is 37.0 Å². The van der Waals surface area contributed by atoms with Crippen LogP contribution in [0.3, 0.4) is 0 Å². The molecule has 29 heavy (non-hydrogen) atoms. The third-order valence-electron chi connectivity index (χ3n) is 6.07. The summed E-state index contributed by atoms with van der Waals surface area (Å²) in [5, 5.41) is 5.57. The van der Waals surface area contributed by atoms with Gasteiger partial charge in [0.1, 0.15) is 12.1 Å². The highest BCUT2D eigenvalue weighted by atomic mass is 16.2. The zero-order valence-electron chi connectivity index (χ0n) is 16.4. The molecule has 3 fully saturated rings. The van der Waals surface area contributed by atoms with Crippen LogP contribution in [0.25, 0.3) is 0 Å². The van der Waals surface area contributed by atoms with E-state index < -0.39 is 11.6 Å². The molecule has 0 aromatic heterocycles. The smallest absolute Gasteiger partial charge is 0.325 e. The normalized spacial score (nSPS) is 21.0. The van der Waals surface area contributed by atoms with Crippen molar-refractivity contribution in [3.8, 4) is 0 Å². The number of hydrogen-bond donors (Lipinski definition) is 2. The van der Waals surface area contributed by atoms with Gasteiger partial charge in [0.15, 0.2) is 0 Å². The third-order valence-corrected chi connectivity index (χ3v) is 6.07. The van der Waals surface area contributed by atoms with Crippen molar-refractivity contribution in [1.29, 1.82) is 0 Å². The van der Waals surface area contributed by atoms with Crippen LogP contribution >= 0.6 is 0 Å². The van der Waals surface area contributed by atoms with E-state index in [2.05, 4.69) is 10.6 Å². The van der Waals surface area contributed by atoms with E-state index in [1.807, 2.05) is 24.3 Å². The van der Waals surface area contributed by atoms with Crippen LogP contribution in [0.1, 0.15) is 50.5 Å². The molecule has 2 N–H and O–H groups in total. The van der Waals surface area contributed by atoms with Gasteiger partial charge in [0.05, 0.1) is 0 Å². The number of carbonyl (C=O) groups excluding carboxylic acids is 4. The Bertz CT molecular complexity index is 830. The maximum Gasteiger partial charge on any atom is 0.325 e. The molecular formula is C21H26N4O4. The Morgan fingerprint density at radius 1 is 1.03 bits per heavy atom. The number of benzene rings is 1. The second-order valence-corrected chi connectivity index (χ2v) is 8.06.